The second-order valence-electron chi connectivity index (χ2n) is 4.76. The zero-order valence-corrected chi connectivity index (χ0v) is 10.8. The molecule has 0 radical (unpaired) electrons. The molecule has 0 bridgehead atoms. The van der Waals surface area contributed by atoms with Crippen molar-refractivity contribution in [2.45, 2.75) is 25.4 Å². The maximum atomic E-state index is 9.72. The molecule has 1 aromatic carbocycles. The van der Waals surface area contributed by atoms with E-state index in [4.69, 9.17) is 4.74 Å². The summed E-state index contributed by atoms with van der Waals surface area (Å²) in [5.74, 6) is 0.622. The van der Waals surface area contributed by atoms with Crippen molar-refractivity contribution in [3.63, 3.8) is 0 Å². The van der Waals surface area contributed by atoms with Crippen molar-refractivity contribution in [1.29, 1.82) is 0 Å². The number of phenolic OH excluding ortho intramolecular Hbond substituents is 1. The van der Waals surface area contributed by atoms with Gasteiger partial charge in [0, 0.05) is 24.0 Å². The van der Waals surface area contributed by atoms with Crippen LogP contribution in [0.25, 0.3) is 0 Å². The number of imidazole rings is 1. The number of ether oxygens (including phenoxy) is 1. The zero-order chi connectivity index (χ0) is 13.2. The SMILES string of the molecule is COc1ccc(NCc2cncn2C2CC2)cc1O. The molecule has 0 aliphatic heterocycles. The van der Waals surface area contributed by atoms with E-state index in [0.29, 0.717) is 18.3 Å². The van der Waals surface area contributed by atoms with Gasteiger partial charge in [-0.1, -0.05) is 0 Å². The number of rotatable bonds is 5. The fraction of sp³-hybridized carbons (Fsp3) is 0.357. The van der Waals surface area contributed by atoms with Crippen molar-refractivity contribution in [3.8, 4) is 11.5 Å². The summed E-state index contributed by atoms with van der Waals surface area (Å²) < 4.78 is 7.24. The molecule has 5 heteroatoms. The lowest BCUT2D eigenvalue weighted by molar-refractivity contribution is 0.373. The third-order valence-electron chi connectivity index (χ3n) is 3.34. The Balaban J connectivity index is 1.68. The van der Waals surface area contributed by atoms with Crippen LogP contribution < -0.4 is 10.1 Å². The van der Waals surface area contributed by atoms with Crippen LogP contribution in [0.4, 0.5) is 5.69 Å². The first kappa shape index (κ1) is 11.9. The highest BCUT2D eigenvalue weighted by atomic mass is 16.5. The Labute approximate surface area is 111 Å². The van der Waals surface area contributed by atoms with Gasteiger partial charge in [0.05, 0.1) is 25.7 Å². The Morgan fingerprint density at radius 1 is 1.47 bits per heavy atom. The molecule has 2 N–H and O–H groups in total. The highest BCUT2D eigenvalue weighted by Crippen LogP contribution is 2.35. The van der Waals surface area contributed by atoms with Gasteiger partial charge in [-0.2, -0.15) is 0 Å². The smallest absolute Gasteiger partial charge is 0.160 e. The molecule has 5 nitrogen and oxygen atoms in total. The second-order valence-corrected chi connectivity index (χ2v) is 4.76. The number of nitrogens with one attached hydrogen (secondary N) is 1. The largest absolute Gasteiger partial charge is 0.504 e. The molecule has 1 aliphatic rings. The monoisotopic (exact) mass is 259 g/mol. The lowest BCUT2D eigenvalue weighted by Gasteiger charge is -2.10. The Hall–Kier alpha value is -2.17. The van der Waals surface area contributed by atoms with E-state index in [0.717, 1.165) is 11.4 Å². The van der Waals surface area contributed by atoms with Crippen LogP contribution in [-0.4, -0.2) is 21.8 Å². The third kappa shape index (κ3) is 2.50. The average molecular weight is 259 g/mol. The van der Waals surface area contributed by atoms with E-state index in [1.54, 1.807) is 12.1 Å². The Kier molecular flexibility index (Phi) is 3.03. The van der Waals surface area contributed by atoms with E-state index in [2.05, 4.69) is 14.9 Å². The summed E-state index contributed by atoms with van der Waals surface area (Å²) >= 11 is 0. The van der Waals surface area contributed by atoms with E-state index in [-0.39, 0.29) is 5.75 Å². The molecule has 2 aromatic rings. The molecule has 0 atom stereocenters. The van der Waals surface area contributed by atoms with Gasteiger partial charge in [-0.25, -0.2) is 4.98 Å². The predicted octanol–water partition coefficient (Wildman–Crippen LogP) is 2.54. The van der Waals surface area contributed by atoms with Crippen LogP contribution in [0.5, 0.6) is 11.5 Å². The number of aromatic nitrogens is 2. The molecule has 1 saturated carbocycles. The van der Waals surface area contributed by atoms with Crippen LogP contribution in [-0.2, 0) is 6.54 Å². The summed E-state index contributed by atoms with van der Waals surface area (Å²) in [4.78, 5) is 4.19. The van der Waals surface area contributed by atoms with Crippen LogP contribution in [0.3, 0.4) is 0 Å². The minimum atomic E-state index is 0.142. The minimum absolute atomic E-state index is 0.142. The van der Waals surface area contributed by atoms with Gasteiger partial charge in [0.25, 0.3) is 0 Å². The maximum absolute atomic E-state index is 9.72. The van der Waals surface area contributed by atoms with Crippen molar-refractivity contribution < 1.29 is 9.84 Å². The molecule has 1 aliphatic carbocycles. The maximum Gasteiger partial charge on any atom is 0.160 e. The Morgan fingerprint density at radius 3 is 3.00 bits per heavy atom. The molecule has 0 unspecified atom stereocenters. The van der Waals surface area contributed by atoms with Gasteiger partial charge < -0.3 is 19.7 Å². The Bertz CT molecular complexity index is 576. The van der Waals surface area contributed by atoms with Gasteiger partial charge >= 0.3 is 0 Å². The number of aromatic hydroxyl groups is 1. The van der Waals surface area contributed by atoms with Gasteiger partial charge in [-0.05, 0) is 25.0 Å². The van der Waals surface area contributed by atoms with Gasteiger partial charge in [-0.3, -0.25) is 0 Å². The standard InChI is InChI=1S/C14H17N3O2/c1-19-14-5-2-10(6-13(14)18)16-8-12-7-15-9-17(12)11-3-4-11/h2,5-7,9,11,16,18H,3-4,8H2,1H3. The van der Waals surface area contributed by atoms with Crippen molar-refractivity contribution in [2.24, 2.45) is 0 Å². The molecular weight excluding hydrogens is 242 g/mol. The summed E-state index contributed by atoms with van der Waals surface area (Å²) in [7, 11) is 1.54. The van der Waals surface area contributed by atoms with Crippen LogP contribution in [0.2, 0.25) is 0 Å². The van der Waals surface area contributed by atoms with Gasteiger partial charge in [-0.15, -0.1) is 0 Å². The zero-order valence-electron chi connectivity index (χ0n) is 10.8. The lowest BCUT2D eigenvalue weighted by atomic mass is 10.2. The van der Waals surface area contributed by atoms with E-state index in [1.807, 2.05) is 18.6 Å². The number of phenols is 1. The van der Waals surface area contributed by atoms with Crippen LogP contribution in [0.1, 0.15) is 24.6 Å². The van der Waals surface area contributed by atoms with E-state index in [1.165, 1.54) is 20.0 Å². The fourth-order valence-corrected chi connectivity index (χ4v) is 2.14. The highest BCUT2D eigenvalue weighted by Gasteiger charge is 2.24. The quantitative estimate of drug-likeness (QED) is 0.866. The molecule has 1 aromatic heterocycles. The second kappa shape index (κ2) is 4.84. The first-order valence-corrected chi connectivity index (χ1v) is 6.39. The van der Waals surface area contributed by atoms with Gasteiger partial charge in [0.2, 0.25) is 0 Å². The predicted molar refractivity (Wildman–Crippen MR) is 72.5 cm³/mol. The fourth-order valence-electron chi connectivity index (χ4n) is 2.14. The van der Waals surface area contributed by atoms with Crippen LogP contribution >= 0.6 is 0 Å². The van der Waals surface area contributed by atoms with Crippen molar-refractivity contribution in [1.82, 2.24) is 9.55 Å². The summed E-state index contributed by atoms with van der Waals surface area (Å²) in [5, 5.41) is 13.0. The molecule has 0 amide bonds. The molecule has 0 spiro atoms. The topological polar surface area (TPSA) is 59.3 Å². The molecule has 0 saturated heterocycles. The Morgan fingerprint density at radius 2 is 2.32 bits per heavy atom. The minimum Gasteiger partial charge on any atom is -0.504 e. The molecule has 3 rings (SSSR count). The van der Waals surface area contributed by atoms with Crippen LogP contribution in [0, 0.1) is 0 Å². The summed E-state index contributed by atoms with van der Waals surface area (Å²) in [6, 6.07) is 5.92. The first-order valence-electron chi connectivity index (χ1n) is 6.39. The number of nitrogens with zero attached hydrogens (tertiary/aromatic N) is 2. The molecule has 100 valence electrons. The summed E-state index contributed by atoms with van der Waals surface area (Å²) in [5.41, 5.74) is 2.03. The van der Waals surface area contributed by atoms with E-state index < -0.39 is 0 Å². The normalized spacial score (nSPS) is 14.4. The van der Waals surface area contributed by atoms with Gasteiger partial charge in [0.15, 0.2) is 11.5 Å². The molecule has 1 heterocycles. The van der Waals surface area contributed by atoms with E-state index in [9.17, 15) is 5.11 Å². The van der Waals surface area contributed by atoms with Crippen molar-refractivity contribution in [2.75, 3.05) is 12.4 Å². The number of benzene rings is 1. The van der Waals surface area contributed by atoms with E-state index >= 15 is 0 Å². The first-order chi connectivity index (χ1) is 9.28. The third-order valence-corrected chi connectivity index (χ3v) is 3.34. The average Bonchev–Trinajstić information content (AvgIpc) is 3.15. The number of anilines is 1. The number of methoxy groups -OCH3 is 1. The molecule has 1 fully saturated rings. The number of hydrogen-bond donors (Lipinski definition) is 2. The van der Waals surface area contributed by atoms with Gasteiger partial charge in [0.1, 0.15) is 0 Å². The highest BCUT2D eigenvalue weighted by molar-refractivity contribution is 5.54. The van der Waals surface area contributed by atoms with Crippen LogP contribution in [0.15, 0.2) is 30.7 Å². The summed E-state index contributed by atoms with van der Waals surface area (Å²) in [6.07, 6.45) is 6.26. The van der Waals surface area contributed by atoms with Crippen molar-refractivity contribution >= 4 is 5.69 Å². The lowest BCUT2D eigenvalue weighted by Crippen LogP contribution is -2.05. The van der Waals surface area contributed by atoms with Crippen molar-refractivity contribution in [3.05, 3.63) is 36.4 Å². The summed E-state index contributed by atoms with van der Waals surface area (Å²) in [6.45, 7) is 0.697. The molecule has 19 heavy (non-hydrogen) atoms. The molecular formula is C14H17N3O2. The number of hydrogen-bond acceptors (Lipinski definition) is 4.